The highest BCUT2D eigenvalue weighted by Gasteiger charge is 1.88. The third-order valence-electron chi connectivity index (χ3n) is 1.22. The summed E-state index contributed by atoms with van der Waals surface area (Å²) in [6.07, 6.45) is 7.46. The maximum absolute atomic E-state index is 4.08. The highest BCUT2D eigenvalue weighted by Crippen LogP contribution is 2.03. The second-order valence-electron chi connectivity index (χ2n) is 1.86. The van der Waals surface area contributed by atoms with Gasteiger partial charge in [0.1, 0.15) is 6.34 Å². The topological polar surface area (TPSA) is 24.7 Å². The number of allylic oxidation sites excluding steroid dienone is 2. The van der Waals surface area contributed by atoms with Gasteiger partial charge in [-0.2, -0.15) is 0 Å². The molecule has 1 aliphatic heterocycles. The summed E-state index contributed by atoms with van der Waals surface area (Å²) in [4.78, 5) is 7.98. The zero-order valence-electron chi connectivity index (χ0n) is 7.54. The summed E-state index contributed by atoms with van der Waals surface area (Å²) in [5.41, 5.74) is 1.13. The van der Waals surface area contributed by atoms with Crippen molar-refractivity contribution in [3.8, 4) is 0 Å². The quantitative estimate of drug-likeness (QED) is 0.552. The normalized spacial score (nSPS) is 14.6. The van der Waals surface area contributed by atoms with Crippen molar-refractivity contribution in [3.05, 3.63) is 11.8 Å². The molecule has 0 saturated carbocycles. The first-order chi connectivity index (χ1) is 5.43. The third-order valence-corrected chi connectivity index (χ3v) is 1.22. The summed E-state index contributed by atoms with van der Waals surface area (Å²) >= 11 is 0. The highest BCUT2D eigenvalue weighted by atomic mass is 14.9. The molecule has 0 amide bonds. The molecule has 2 nitrogen and oxygen atoms in total. The Labute approximate surface area is 68.8 Å². The Kier molecular flexibility index (Phi) is 6.59. The number of rotatable bonds is 1. The molecular formula is C9H16N2. The van der Waals surface area contributed by atoms with Gasteiger partial charge in [0.15, 0.2) is 0 Å². The van der Waals surface area contributed by atoms with E-state index in [1.807, 2.05) is 20.1 Å². The van der Waals surface area contributed by atoms with E-state index in [1.54, 1.807) is 6.34 Å². The van der Waals surface area contributed by atoms with Gasteiger partial charge in [-0.05, 0) is 6.42 Å². The lowest BCUT2D eigenvalue weighted by Crippen LogP contribution is -1.72. The Bertz CT molecular complexity index is 166. The molecule has 62 valence electrons. The molecule has 0 atom stereocenters. The molecule has 0 unspecified atom stereocenters. The van der Waals surface area contributed by atoms with E-state index < -0.39 is 0 Å². The van der Waals surface area contributed by atoms with Crippen LogP contribution in [-0.4, -0.2) is 12.6 Å². The van der Waals surface area contributed by atoms with Gasteiger partial charge in [0.25, 0.3) is 0 Å². The van der Waals surface area contributed by atoms with Crippen molar-refractivity contribution in [1.29, 1.82) is 0 Å². The lowest BCUT2D eigenvalue weighted by atomic mass is 10.3. The van der Waals surface area contributed by atoms with Gasteiger partial charge >= 0.3 is 0 Å². The summed E-state index contributed by atoms with van der Waals surface area (Å²) in [7, 11) is 0. The van der Waals surface area contributed by atoms with Crippen LogP contribution in [0.4, 0.5) is 0 Å². The Morgan fingerprint density at radius 1 is 1.45 bits per heavy atom. The largest absolute Gasteiger partial charge is 0.249 e. The minimum Gasteiger partial charge on any atom is -0.249 e. The Morgan fingerprint density at radius 2 is 2.18 bits per heavy atom. The van der Waals surface area contributed by atoms with Crippen molar-refractivity contribution in [2.24, 2.45) is 9.98 Å². The predicted molar refractivity (Wildman–Crippen MR) is 51.3 cm³/mol. The molecule has 0 N–H and O–H groups in total. The molecule has 2 heteroatoms. The van der Waals surface area contributed by atoms with Crippen LogP contribution in [0, 0.1) is 0 Å². The van der Waals surface area contributed by atoms with Crippen molar-refractivity contribution in [2.45, 2.75) is 33.6 Å². The number of hydrogen-bond acceptors (Lipinski definition) is 2. The predicted octanol–water partition coefficient (Wildman–Crippen LogP) is 2.81. The van der Waals surface area contributed by atoms with Crippen LogP contribution in [0.2, 0.25) is 0 Å². The van der Waals surface area contributed by atoms with Crippen LogP contribution in [0.1, 0.15) is 33.6 Å². The van der Waals surface area contributed by atoms with Crippen LogP contribution < -0.4 is 0 Å². The summed E-state index contributed by atoms with van der Waals surface area (Å²) in [5.74, 6) is 0. The van der Waals surface area contributed by atoms with Gasteiger partial charge in [0.05, 0.1) is 0 Å². The van der Waals surface area contributed by atoms with Crippen LogP contribution in [0.5, 0.6) is 0 Å². The average molecular weight is 152 g/mol. The van der Waals surface area contributed by atoms with E-state index in [0.29, 0.717) is 0 Å². The van der Waals surface area contributed by atoms with E-state index in [9.17, 15) is 0 Å². The van der Waals surface area contributed by atoms with Crippen molar-refractivity contribution >= 4 is 12.6 Å². The molecule has 0 aliphatic carbocycles. The molecule has 0 aromatic carbocycles. The van der Waals surface area contributed by atoms with Gasteiger partial charge in [0.2, 0.25) is 0 Å². The maximum atomic E-state index is 4.08. The summed E-state index contributed by atoms with van der Waals surface area (Å²) in [6.45, 7) is 6.09. The van der Waals surface area contributed by atoms with Crippen molar-refractivity contribution in [1.82, 2.24) is 0 Å². The minimum absolute atomic E-state index is 0.920. The molecule has 0 saturated heterocycles. The average Bonchev–Trinajstić information content (AvgIpc) is 2.35. The fraction of sp³-hybridized carbons (Fsp3) is 0.556. The molecule has 11 heavy (non-hydrogen) atoms. The fourth-order valence-corrected chi connectivity index (χ4v) is 0.693. The van der Waals surface area contributed by atoms with Crippen molar-refractivity contribution in [3.63, 3.8) is 0 Å². The molecule has 0 aromatic rings. The summed E-state index contributed by atoms with van der Waals surface area (Å²) < 4.78 is 0. The first-order valence-electron chi connectivity index (χ1n) is 4.16. The van der Waals surface area contributed by atoms with Crippen LogP contribution in [0.25, 0.3) is 0 Å². The zero-order valence-corrected chi connectivity index (χ0v) is 7.54. The van der Waals surface area contributed by atoms with E-state index in [1.165, 1.54) is 0 Å². The van der Waals surface area contributed by atoms with Gasteiger partial charge in [-0.3, -0.25) is 0 Å². The molecule has 0 spiro atoms. The van der Waals surface area contributed by atoms with Crippen LogP contribution >= 0.6 is 0 Å². The Balaban J connectivity index is 0.000000461. The zero-order chi connectivity index (χ0) is 8.53. The maximum Gasteiger partial charge on any atom is 0.115 e. The van der Waals surface area contributed by atoms with Crippen molar-refractivity contribution in [2.75, 3.05) is 0 Å². The lowest BCUT2D eigenvalue weighted by Gasteiger charge is -1.89. The molecule has 0 bridgehead atoms. The van der Waals surface area contributed by atoms with E-state index in [0.717, 1.165) is 18.5 Å². The van der Waals surface area contributed by atoms with Gasteiger partial charge in [0, 0.05) is 18.3 Å². The minimum atomic E-state index is 0.920. The Morgan fingerprint density at radius 3 is 2.82 bits per heavy atom. The fourth-order valence-electron chi connectivity index (χ4n) is 0.693. The van der Waals surface area contributed by atoms with Crippen LogP contribution in [-0.2, 0) is 0 Å². The number of hydrogen-bond donors (Lipinski definition) is 0. The van der Waals surface area contributed by atoms with Gasteiger partial charge in [-0.15, -0.1) is 0 Å². The van der Waals surface area contributed by atoms with E-state index in [-0.39, 0.29) is 0 Å². The Hall–Kier alpha value is -0.920. The molecule has 0 radical (unpaired) electrons. The molecular weight excluding hydrogens is 136 g/mol. The number of aliphatic imine (C=N–C) groups is 2. The van der Waals surface area contributed by atoms with Crippen molar-refractivity contribution < 1.29 is 0 Å². The highest BCUT2D eigenvalue weighted by molar-refractivity contribution is 5.75. The first kappa shape index (κ1) is 10.1. The second kappa shape index (κ2) is 7.19. The van der Waals surface area contributed by atoms with Gasteiger partial charge in [-0.1, -0.05) is 26.8 Å². The number of nitrogens with zero attached hydrogens (tertiary/aromatic N) is 2. The van der Waals surface area contributed by atoms with Crippen LogP contribution in [0.3, 0.4) is 0 Å². The molecule has 1 rings (SSSR count). The molecule has 1 aliphatic rings. The standard InChI is InChI=1S/C7H10N2.C2H6/c1-2-7-4-3-5-8-6-9-7;1-2/h4-6H,2-3H2,1H3;1-2H3. The van der Waals surface area contributed by atoms with E-state index in [4.69, 9.17) is 0 Å². The van der Waals surface area contributed by atoms with Gasteiger partial charge in [-0.25, -0.2) is 9.98 Å². The monoisotopic (exact) mass is 152 g/mol. The van der Waals surface area contributed by atoms with E-state index >= 15 is 0 Å². The molecule has 0 aromatic heterocycles. The lowest BCUT2D eigenvalue weighted by molar-refractivity contribution is 1.06. The van der Waals surface area contributed by atoms with Crippen LogP contribution in [0.15, 0.2) is 21.8 Å². The smallest absolute Gasteiger partial charge is 0.115 e. The third kappa shape index (κ3) is 4.48. The molecule has 0 fully saturated rings. The SMILES string of the molecule is CC.CCC1=CCC=NC=N1. The van der Waals surface area contributed by atoms with Gasteiger partial charge < -0.3 is 0 Å². The summed E-state index contributed by atoms with van der Waals surface area (Å²) in [6, 6.07) is 0. The second-order valence-corrected chi connectivity index (χ2v) is 1.86. The summed E-state index contributed by atoms with van der Waals surface area (Å²) in [5, 5.41) is 0. The van der Waals surface area contributed by atoms with E-state index in [2.05, 4.69) is 23.0 Å². The molecule has 1 heterocycles. The first-order valence-corrected chi connectivity index (χ1v) is 4.16.